The summed E-state index contributed by atoms with van der Waals surface area (Å²) in [6.45, 7) is 1.58. The number of carbonyl (C=O) groups is 2. The Kier molecular flexibility index (Phi) is 7.43. The summed E-state index contributed by atoms with van der Waals surface area (Å²) in [5, 5.41) is 14.9. The van der Waals surface area contributed by atoms with Crippen molar-refractivity contribution in [1.29, 1.82) is 0 Å². The zero-order valence-corrected chi connectivity index (χ0v) is 21.4. The third kappa shape index (κ3) is 5.91. The Bertz CT molecular complexity index is 1450. The fourth-order valence-corrected chi connectivity index (χ4v) is 4.38. The Morgan fingerprint density at radius 3 is 2.60 bits per heavy atom. The second kappa shape index (κ2) is 11.0. The van der Waals surface area contributed by atoms with Gasteiger partial charge in [-0.1, -0.05) is 11.6 Å². The van der Waals surface area contributed by atoms with Crippen molar-refractivity contribution in [2.45, 2.75) is 6.18 Å². The second-order valence-electron chi connectivity index (χ2n) is 8.86. The summed E-state index contributed by atoms with van der Waals surface area (Å²) in [6.07, 6.45) is -4.49. The van der Waals surface area contributed by atoms with Gasteiger partial charge < -0.3 is 35.0 Å². The molecule has 2 aromatic carbocycles. The molecule has 40 heavy (non-hydrogen) atoms. The van der Waals surface area contributed by atoms with Gasteiger partial charge in [-0.2, -0.15) is 18.2 Å². The summed E-state index contributed by atoms with van der Waals surface area (Å²) in [4.78, 5) is 35.2. The molecule has 2 aliphatic heterocycles. The fourth-order valence-electron chi connectivity index (χ4n) is 4.22. The molecule has 0 atom stereocenters. The lowest BCUT2D eigenvalue weighted by atomic mass is 10.1. The number of piperazine rings is 1. The minimum Gasteiger partial charge on any atom is -0.483 e. The predicted octanol–water partition coefficient (Wildman–Crippen LogP) is 4.80. The molecule has 2 aliphatic rings. The van der Waals surface area contributed by atoms with Crippen LogP contribution >= 0.6 is 11.6 Å². The van der Waals surface area contributed by atoms with Crippen molar-refractivity contribution in [2.24, 2.45) is 0 Å². The summed E-state index contributed by atoms with van der Waals surface area (Å²) in [5.74, 6) is 0.157. The van der Waals surface area contributed by atoms with E-state index in [4.69, 9.17) is 26.2 Å². The highest BCUT2D eigenvalue weighted by molar-refractivity contribution is 6.32. The Balaban J connectivity index is 1.38. The zero-order valence-electron chi connectivity index (χ0n) is 20.7. The minimum absolute atomic E-state index is 0.0652. The highest BCUT2D eigenvalue weighted by Gasteiger charge is 2.32. The van der Waals surface area contributed by atoms with Crippen LogP contribution in [0.2, 0.25) is 5.02 Å². The van der Waals surface area contributed by atoms with Gasteiger partial charge in [-0.15, -0.1) is 0 Å². The topological polar surface area (TPSA) is 129 Å². The van der Waals surface area contributed by atoms with Gasteiger partial charge in [-0.25, -0.2) is 9.78 Å². The number of fused-ring (bicyclic) bond motifs is 1. The van der Waals surface area contributed by atoms with Crippen LogP contribution in [0.25, 0.3) is 0 Å². The molecule has 2 amide bonds. The molecule has 3 heterocycles. The molecule has 0 unspecified atom stereocenters. The Morgan fingerprint density at radius 2 is 1.88 bits per heavy atom. The maximum absolute atomic E-state index is 13.7. The average molecular weight is 579 g/mol. The van der Waals surface area contributed by atoms with Crippen molar-refractivity contribution >= 4 is 40.8 Å². The van der Waals surface area contributed by atoms with Crippen LogP contribution in [0.5, 0.6) is 17.4 Å². The molecular weight excluding hydrogens is 557 g/mol. The maximum atomic E-state index is 13.7. The Morgan fingerprint density at radius 1 is 1.10 bits per heavy atom. The molecule has 0 aliphatic carbocycles. The molecule has 3 aromatic rings. The van der Waals surface area contributed by atoms with Crippen LogP contribution < -0.4 is 25.0 Å². The molecule has 5 rings (SSSR count). The van der Waals surface area contributed by atoms with E-state index in [0.29, 0.717) is 19.0 Å². The molecule has 0 bridgehead atoms. The first-order valence-corrected chi connectivity index (χ1v) is 12.4. The number of carboxylic acid groups (broad SMARTS) is 1. The number of anilines is 3. The highest BCUT2D eigenvalue weighted by Crippen LogP contribution is 2.39. The van der Waals surface area contributed by atoms with Crippen molar-refractivity contribution in [2.75, 3.05) is 54.9 Å². The predicted molar refractivity (Wildman–Crippen MR) is 139 cm³/mol. The van der Waals surface area contributed by atoms with E-state index in [1.807, 2.05) is 0 Å². The number of nitrogens with zero attached hydrogens (tertiary/aromatic N) is 4. The summed E-state index contributed by atoms with van der Waals surface area (Å²) in [5.41, 5.74) is -0.770. The molecule has 11 nitrogen and oxygen atoms in total. The average Bonchev–Trinajstić information content (AvgIpc) is 2.93. The van der Waals surface area contributed by atoms with Crippen LogP contribution in [0, 0.1) is 0 Å². The van der Waals surface area contributed by atoms with Crippen LogP contribution in [-0.4, -0.2) is 71.3 Å². The Labute approximate surface area is 230 Å². The van der Waals surface area contributed by atoms with E-state index in [1.165, 1.54) is 35.5 Å². The van der Waals surface area contributed by atoms with Crippen LogP contribution in [0.4, 0.5) is 35.2 Å². The number of hydrogen-bond acceptors (Lipinski definition) is 8. The van der Waals surface area contributed by atoms with Gasteiger partial charge >= 0.3 is 12.3 Å². The highest BCUT2D eigenvalue weighted by atomic mass is 35.5. The molecule has 0 radical (unpaired) electrons. The van der Waals surface area contributed by atoms with Gasteiger partial charge in [0, 0.05) is 43.1 Å². The summed E-state index contributed by atoms with van der Waals surface area (Å²) < 4.78 is 52.5. The lowest BCUT2D eigenvalue weighted by Crippen LogP contribution is -2.48. The smallest absolute Gasteiger partial charge is 0.416 e. The van der Waals surface area contributed by atoms with E-state index in [2.05, 4.69) is 20.6 Å². The zero-order chi connectivity index (χ0) is 28.4. The standard InChI is InChI=1S/C25H22ClF3N6O5/c26-18-2-1-14(9-19(18)40-23-20-21(31-13-32-23)30-3-8-39-20)22(36)33-16-10-15(25(27,28)29)11-17(12-16)34-4-6-35(7-5-34)24(37)38/h1-2,9-13H,3-8H2,(H,33,36)(H,37,38)(H,30,31,32). The van der Waals surface area contributed by atoms with E-state index in [0.717, 1.165) is 12.1 Å². The third-order valence-corrected chi connectivity index (χ3v) is 6.54. The number of benzene rings is 2. The fraction of sp³-hybridized carbons (Fsp3) is 0.280. The summed E-state index contributed by atoms with van der Waals surface area (Å²) >= 11 is 6.27. The SMILES string of the molecule is O=C(Nc1cc(N2CCN(C(=O)O)CC2)cc(C(F)(F)F)c1)c1ccc(Cl)c(Oc2ncnc3c2OCCN3)c1. The number of carbonyl (C=O) groups excluding carboxylic acids is 1. The van der Waals surface area contributed by atoms with E-state index in [-0.39, 0.29) is 65.5 Å². The number of aromatic nitrogens is 2. The van der Waals surface area contributed by atoms with Gasteiger partial charge in [-0.3, -0.25) is 4.79 Å². The van der Waals surface area contributed by atoms with Crippen molar-refractivity contribution in [3.05, 3.63) is 58.9 Å². The number of alkyl halides is 3. The number of ether oxygens (including phenoxy) is 2. The van der Waals surface area contributed by atoms with Gasteiger partial charge in [-0.05, 0) is 36.4 Å². The molecule has 0 spiro atoms. The third-order valence-electron chi connectivity index (χ3n) is 6.23. The first-order chi connectivity index (χ1) is 19.1. The van der Waals surface area contributed by atoms with Crippen LogP contribution in [0.1, 0.15) is 15.9 Å². The Hall–Kier alpha value is -4.46. The van der Waals surface area contributed by atoms with Crippen LogP contribution in [0.15, 0.2) is 42.7 Å². The number of hydrogen-bond donors (Lipinski definition) is 3. The second-order valence-corrected chi connectivity index (χ2v) is 9.26. The van der Waals surface area contributed by atoms with Crippen LogP contribution in [-0.2, 0) is 6.18 Å². The molecular formula is C25H22ClF3N6O5. The van der Waals surface area contributed by atoms with Gasteiger partial charge in [0.2, 0.25) is 5.75 Å². The van der Waals surface area contributed by atoms with Crippen molar-refractivity contribution in [1.82, 2.24) is 14.9 Å². The van der Waals surface area contributed by atoms with Gasteiger partial charge in [0.25, 0.3) is 11.8 Å². The number of amides is 2. The van der Waals surface area contributed by atoms with Gasteiger partial charge in [0.05, 0.1) is 17.1 Å². The molecule has 3 N–H and O–H groups in total. The van der Waals surface area contributed by atoms with E-state index in [1.54, 1.807) is 4.90 Å². The van der Waals surface area contributed by atoms with E-state index < -0.39 is 23.7 Å². The van der Waals surface area contributed by atoms with E-state index in [9.17, 15) is 22.8 Å². The quantitative estimate of drug-likeness (QED) is 0.391. The molecule has 0 saturated carbocycles. The largest absolute Gasteiger partial charge is 0.483 e. The minimum atomic E-state index is -4.67. The van der Waals surface area contributed by atoms with Crippen molar-refractivity contribution in [3.8, 4) is 17.4 Å². The van der Waals surface area contributed by atoms with Crippen molar-refractivity contribution in [3.63, 3.8) is 0 Å². The van der Waals surface area contributed by atoms with Gasteiger partial charge in [0.1, 0.15) is 18.7 Å². The summed E-state index contributed by atoms with van der Waals surface area (Å²) in [6, 6.07) is 7.37. The molecule has 1 aromatic heterocycles. The molecule has 1 saturated heterocycles. The molecule has 1 fully saturated rings. The normalized spacial score (nSPS) is 15.0. The monoisotopic (exact) mass is 578 g/mol. The first-order valence-electron chi connectivity index (χ1n) is 12.0. The summed E-state index contributed by atoms with van der Waals surface area (Å²) in [7, 11) is 0. The molecule has 210 valence electrons. The first kappa shape index (κ1) is 27.1. The number of halogens is 4. The van der Waals surface area contributed by atoms with Gasteiger partial charge in [0.15, 0.2) is 5.82 Å². The van der Waals surface area contributed by atoms with Crippen LogP contribution in [0.3, 0.4) is 0 Å². The lowest BCUT2D eigenvalue weighted by molar-refractivity contribution is -0.137. The van der Waals surface area contributed by atoms with E-state index >= 15 is 0 Å². The van der Waals surface area contributed by atoms with Crippen molar-refractivity contribution < 1.29 is 37.3 Å². The lowest BCUT2D eigenvalue weighted by Gasteiger charge is -2.35. The number of nitrogens with one attached hydrogen (secondary N) is 2. The molecule has 15 heteroatoms. The maximum Gasteiger partial charge on any atom is 0.416 e. The number of rotatable bonds is 5.